The lowest BCUT2D eigenvalue weighted by molar-refractivity contribution is -0.00443. The minimum Gasteiger partial charge on any atom is -0.389 e. The second-order valence-corrected chi connectivity index (χ2v) is 5.86. The summed E-state index contributed by atoms with van der Waals surface area (Å²) in [6.07, 6.45) is 1.80. The summed E-state index contributed by atoms with van der Waals surface area (Å²) in [5.41, 5.74) is 2.36. The largest absolute Gasteiger partial charge is 0.389 e. The number of hydrogen-bond acceptors (Lipinski definition) is 3. The molecule has 0 aliphatic rings. The van der Waals surface area contributed by atoms with Gasteiger partial charge in [-0.3, -0.25) is 0 Å². The number of aliphatic hydroxyl groups excluding tert-OH is 1. The molecule has 3 heteroatoms. The Bertz CT molecular complexity index is 362. The lowest BCUT2D eigenvalue weighted by Crippen LogP contribution is -2.27. The zero-order valence-corrected chi connectivity index (χ0v) is 13.2. The van der Waals surface area contributed by atoms with Gasteiger partial charge in [-0.05, 0) is 43.4 Å². The number of aryl methyl sites for hydroxylation is 1. The molecule has 0 bridgehead atoms. The van der Waals surface area contributed by atoms with Crippen LogP contribution in [0.3, 0.4) is 0 Å². The minimum absolute atomic E-state index is 0.202. The van der Waals surface area contributed by atoms with Crippen LogP contribution in [0.1, 0.15) is 39.7 Å². The highest BCUT2D eigenvalue weighted by molar-refractivity contribution is 5.44. The first-order chi connectivity index (χ1) is 9.51. The van der Waals surface area contributed by atoms with E-state index in [1.165, 1.54) is 5.56 Å². The fourth-order valence-corrected chi connectivity index (χ4v) is 2.16. The zero-order valence-electron chi connectivity index (χ0n) is 13.2. The van der Waals surface area contributed by atoms with Crippen LogP contribution in [-0.2, 0) is 11.2 Å². The maximum atomic E-state index is 9.91. The van der Waals surface area contributed by atoms with Crippen LogP contribution in [0, 0.1) is 5.92 Å². The Labute approximate surface area is 123 Å². The third-order valence-electron chi connectivity index (χ3n) is 3.28. The summed E-state index contributed by atoms with van der Waals surface area (Å²) >= 11 is 0. The van der Waals surface area contributed by atoms with Gasteiger partial charge in [0, 0.05) is 12.2 Å². The lowest BCUT2D eigenvalue weighted by atomic mass is 10.1. The molecule has 2 N–H and O–H groups in total. The highest BCUT2D eigenvalue weighted by atomic mass is 16.5. The second kappa shape index (κ2) is 8.98. The lowest BCUT2D eigenvalue weighted by Gasteiger charge is -2.18. The molecule has 0 radical (unpaired) electrons. The van der Waals surface area contributed by atoms with Crippen LogP contribution in [0.25, 0.3) is 0 Å². The number of ether oxygens (including phenoxy) is 1. The standard InChI is InChI=1S/C17H29NO2/c1-5-15-6-8-16(9-7-15)18-11-17(19)12-20-14(4)10-13(2)3/h6-9,13-14,17-19H,5,10-12H2,1-4H3. The number of rotatable bonds is 9. The van der Waals surface area contributed by atoms with Crippen LogP contribution >= 0.6 is 0 Å². The summed E-state index contributed by atoms with van der Waals surface area (Å²) in [6.45, 7) is 9.45. The van der Waals surface area contributed by atoms with Crippen LogP contribution < -0.4 is 5.32 Å². The molecule has 2 atom stereocenters. The Kier molecular flexibility index (Phi) is 7.63. The Hall–Kier alpha value is -1.06. The van der Waals surface area contributed by atoms with E-state index < -0.39 is 6.10 Å². The highest BCUT2D eigenvalue weighted by Gasteiger charge is 2.09. The van der Waals surface area contributed by atoms with Crippen molar-refractivity contribution in [3.05, 3.63) is 29.8 Å². The smallest absolute Gasteiger partial charge is 0.0945 e. The van der Waals surface area contributed by atoms with Crippen molar-refractivity contribution in [2.24, 2.45) is 5.92 Å². The molecule has 0 aliphatic carbocycles. The number of benzene rings is 1. The van der Waals surface area contributed by atoms with Gasteiger partial charge in [-0.15, -0.1) is 0 Å². The van der Waals surface area contributed by atoms with E-state index in [0.29, 0.717) is 19.1 Å². The normalized spacial score (nSPS) is 14.3. The van der Waals surface area contributed by atoms with Crippen molar-refractivity contribution in [1.29, 1.82) is 0 Å². The first-order valence-electron chi connectivity index (χ1n) is 7.63. The molecule has 0 spiro atoms. The molecule has 1 aromatic rings. The molecule has 0 saturated heterocycles. The quantitative estimate of drug-likeness (QED) is 0.727. The molecule has 1 rings (SSSR count). The number of hydrogen-bond donors (Lipinski definition) is 2. The molecular weight excluding hydrogens is 250 g/mol. The van der Waals surface area contributed by atoms with Crippen molar-refractivity contribution in [2.45, 2.75) is 52.7 Å². The highest BCUT2D eigenvalue weighted by Crippen LogP contribution is 2.11. The van der Waals surface area contributed by atoms with E-state index >= 15 is 0 Å². The summed E-state index contributed by atoms with van der Waals surface area (Å²) in [5.74, 6) is 0.623. The van der Waals surface area contributed by atoms with E-state index in [-0.39, 0.29) is 6.10 Å². The predicted octanol–water partition coefficient (Wildman–Crippen LogP) is 3.47. The molecule has 0 amide bonds. The van der Waals surface area contributed by atoms with Crippen molar-refractivity contribution < 1.29 is 9.84 Å². The van der Waals surface area contributed by atoms with E-state index in [2.05, 4.69) is 45.1 Å². The summed E-state index contributed by atoms with van der Waals surface area (Å²) in [4.78, 5) is 0. The van der Waals surface area contributed by atoms with Crippen LogP contribution in [0.4, 0.5) is 5.69 Å². The zero-order chi connectivity index (χ0) is 15.0. The van der Waals surface area contributed by atoms with E-state index in [4.69, 9.17) is 4.74 Å². The van der Waals surface area contributed by atoms with Crippen LogP contribution in [0.5, 0.6) is 0 Å². The molecule has 3 nitrogen and oxygen atoms in total. The predicted molar refractivity (Wildman–Crippen MR) is 85.2 cm³/mol. The van der Waals surface area contributed by atoms with Gasteiger partial charge in [-0.2, -0.15) is 0 Å². The van der Waals surface area contributed by atoms with Gasteiger partial charge in [0.1, 0.15) is 0 Å². The summed E-state index contributed by atoms with van der Waals surface area (Å²) in [6, 6.07) is 8.31. The van der Waals surface area contributed by atoms with Gasteiger partial charge in [0.2, 0.25) is 0 Å². The Morgan fingerprint density at radius 1 is 1.15 bits per heavy atom. The fraction of sp³-hybridized carbons (Fsp3) is 0.647. The van der Waals surface area contributed by atoms with Crippen LogP contribution in [0.2, 0.25) is 0 Å². The molecular formula is C17H29NO2. The van der Waals surface area contributed by atoms with Gasteiger partial charge in [0.05, 0.1) is 18.8 Å². The van der Waals surface area contributed by atoms with Crippen LogP contribution in [-0.4, -0.2) is 30.5 Å². The van der Waals surface area contributed by atoms with E-state index in [1.807, 2.05) is 12.1 Å². The average Bonchev–Trinajstić information content (AvgIpc) is 2.42. The van der Waals surface area contributed by atoms with Crippen molar-refractivity contribution >= 4 is 5.69 Å². The Morgan fingerprint density at radius 2 is 1.80 bits per heavy atom. The Morgan fingerprint density at radius 3 is 2.35 bits per heavy atom. The van der Waals surface area contributed by atoms with Gasteiger partial charge in [-0.1, -0.05) is 32.9 Å². The SMILES string of the molecule is CCc1ccc(NCC(O)COC(C)CC(C)C)cc1. The summed E-state index contributed by atoms with van der Waals surface area (Å²) < 4.78 is 5.65. The van der Waals surface area contributed by atoms with Crippen molar-refractivity contribution in [3.8, 4) is 0 Å². The number of aliphatic hydroxyl groups is 1. The summed E-state index contributed by atoms with van der Waals surface area (Å²) in [5, 5.41) is 13.1. The van der Waals surface area contributed by atoms with Gasteiger partial charge >= 0.3 is 0 Å². The summed E-state index contributed by atoms with van der Waals surface area (Å²) in [7, 11) is 0. The second-order valence-electron chi connectivity index (χ2n) is 5.86. The number of anilines is 1. The van der Waals surface area contributed by atoms with E-state index in [1.54, 1.807) is 0 Å². The molecule has 0 aromatic heterocycles. The van der Waals surface area contributed by atoms with Crippen LogP contribution in [0.15, 0.2) is 24.3 Å². The minimum atomic E-state index is -0.476. The maximum Gasteiger partial charge on any atom is 0.0945 e. The monoisotopic (exact) mass is 279 g/mol. The van der Waals surface area contributed by atoms with Gasteiger partial charge in [0.15, 0.2) is 0 Å². The third-order valence-corrected chi connectivity index (χ3v) is 3.28. The van der Waals surface area contributed by atoms with Gasteiger partial charge < -0.3 is 15.2 Å². The molecule has 20 heavy (non-hydrogen) atoms. The first-order valence-corrected chi connectivity index (χ1v) is 7.63. The molecule has 0 fully saturated rings. The molecule has 0 saturated carbocycles. The van der Waals surface area contributed by atoms with E-state index in [9.17, 15) is 5.11 Å². The van der Waals surface area contributed by atoms with Crippen molar-refractivity contribution in [3.63, 3.8) is 0 Å². The molecule has 1 aromatic carbocycles. The van der Waals surface area contributed by atoms with E-state index in [0.717, 1.165) is 18.5 Å². The Balaban J connectivity index is 2.23. The average molecular weight is 279 g/mol. The number of nitrogens with one attached hydrogen (secondary N) is 1. The first kappa shape index (κ1) is 17.0. The third kappa shape index (κ3) is 6.92. The molecule has 114 valence electrons. The van der Waals surface area contributed by atoms with Gasteiger partial charge in [0.25, 0.3) is 0 Å². The van der Waals surface area contributed by atoms with Crippen molar-refractivity contribution in [2.75, 3.05) is 18.5 Å². The fourth-order valence-electron chi connectivity index (χ4n) is 2.16. The van der Waals surface area contributed by atoms with Crippen molar-refractivity contribution in [1.82, 2.24) is 0 Å². The molecule has 0 heterocycles. The topological polar surface area (TPSA) is 41.5 Å². The molecule has 2 unspecified atom stereocenters. The maximum absolute atomic E-state index is 9.91. The van der Waals surface area contributed by atoms with Gasteiger partial charge in [-0.25, -0.2) is 0 Å². The molecule has 0 aliphatic heterocycles.